The number of amides is 2. The summed E-state index contributed by atoms with van der Waals surface area (Å²) < 4.78 is 5.46. The summed E-state index contributed by atoms with van der Waals surface area (Å²) in [5, 5.41) is 14.3. The summed E-state index contributed by atoms with van der Waals surface area (Å²) in [5.41, 5.74) is 5.00. The number of carbonyl (C=O) groups is 3. The maximum Gasteiger partial charge on any atom is 0.407 e. The Labute approximate surface area is 187 Å². The van der Waals surface area contributed by atoms with Gasteiger partial charge in [0.05, 0.1) is 5.92 Å². The van der Waals surface area contributed by atoms with E-state index in [1.807, 2.05) is 24.3 Å². The van der Waals surface area contributed by atoms with Gasteiger partial charge in [-0.3, -0.25) is 9.59 Å². The van der Waals surface area contributed by atoms with Crippen molar-refractivity contribution in [2.24, 2.45) is 5.92 Å². The molecule has 0 aromatic heterocycles. The van der Waals surface area contributed by atoms with E-state index in [-0.39, 0.29) is 31.5 Å². The highest BCUT2D eigenvalue weighted by Gasteiger charge is 2.28. The van der Waals surface area contributed by atoms with Gasteiger partial charge in [0.2, 0.25) is 5.91 Å². The Morgan fingerprint density at radius 1 is 1.03 bits per heavy atom. The molecule has 0 fully saturated rings. The van der Waals surface area contributed by atoms with Gasteiger partial charge in [-0.1, -0.05) is 61.5 Å². The van der Waals surface area contributed by atoms with Crippen molar-refractivity contribution in [1.82, 2.24) is 10.6 Å². The molecular weight excluding hydrogens is 408 g/mol. The average molecular weight is 437 g/mol. The normalized spacial score (nSPS) is 13.6. The highest BCUT2D eigenvalue weighted by atomic mass is 16.5. The summed E-state index contributed by atoms with van der Waals surface area (Å²) in [6.45, 7) is 3.78. The Hall–Kier alpha value is -3.61. The van der Waals surface area contributed by atoms with Crippen molar-refractivity contribution in [2.45, 2.75) is 26.2 Å². The monoisotopic (exact) mass is 436 g/mol. The summed E-state index contributed by atoms with van der Waals surface area (Å²) in [7, 11) is 0. The van der Waals surface area contributed by atoms with E-state index in [1.165, 1.54) is 0 Å². The molecule has 1 atom stereocenters. The minimum Gasteiger partial charge on any atom is -0.481 e. The molecule has 0 spiro atoms. The average Bonchev–Trinajstić information content (AvgIpc) is 3.11. The van der Waals surface area contributed by atoms with Gasteiger partial charge in [0, 0.05) is 24.6 Å². The van der Waals surface area contributed by atoms with Gasteiger partial charge in [0.25, 0.3) is 0 Å². The SMILES string of the molecule is CCC(CNC(=O)/C(C)=C/CNC(=O)OCC1c2ccccc2-c2ccccc21)C(=O)O. The van der Waals surface area contributed by atoms with Crippen LogP contribution in [0.1, 0.15) is 37.3 Å². The minimum absolute atomic E-state index is 0.0167. The lowest BCUT2D eigenvalue weighted by Crippen LogP contribution is -2.33. The second-order valence-electron chi connectivity index (χ2n) is 7.75. The van der Waals surface area contributed by atoms with Crippen LogP contribution in [0.4, 0.5) is 4.79 Å². The van der Waals surface area contributed by atoms with Crippen LogP contribution in [0.5, 0.6) is 0 Å². The lowest BCUT2D eigenvalue weighted by atomic mass is 9.98. The van der Waals surface area contributed by atoms with Crippen LogP contribution >= 0.6 is 0 Å². The van der Waals surface area contributed by atoms with E-state index in [4.69, 9.17) is 9.84 Å². The van der Waals surface area contributed by atoms with Gasteiger partial charge in [-0.15, -0.1) is 0 Å². The molecule has 2 aromatic carbocycles. The van der Waals surface area contributed by atoms with Crippen molar-refractivity contribution in [1.29, 1.82) is 0 Å². The molecule has 2 aromatic rings. The van der Waals surface area contributed by atoms with Crippen LogP contribution in [0.2, 0.25) is 0 Å². The van der Waals surface area contributed by atoms with Crippen molar-refractivity contribution in [3.05, 3.63) is 71.3 Å². The molecule has 168 valence electrons. The number of carboxylic acid groups (broad SMARTS) is 1. The molecule has 0 heterocycles. The third-order valence-corrected chi connectivity index (χ3v) is 5.71. The van der Waals surface area contributed by atoms with Gasteiger partial charge < -0.3 is 20.5 Å². The molecule has 3 N–H and O–H groups in total. The lowest BCUT2D eigenvalue weighted by molar-refractivity contribution is -0.141. The zero-order valence-electron chi connectivity index (χ0n) is 18.3. The number of ether oxygens (including phenoxy) is 1. The summed E-state index contributed by atoms with van der Waals surface area (Å²) in [4.78, 5) is 35.3. The first kappa shape index (κ1) is 23.1. The van der Waals surface area contributed by atoms with Gasteiger partial charge >= 0.3 is 12.1 Å². The van der Waals surface area contributed by atoms with Crippen molar-refractivity contribution in [3.8, 4) is 11.1 Å². The molecule has 7 heteroatoms. The number of nitrogens with one attached hydrogen (secondary N) is 2. The van der Waals surface area contributed by atoms with Crippen LogP contribution < -0.4 is 10.6 Å². The Bertz CT molecular complexity index is 985. The lowest BCUT2D eigenvalue weighted by Gasteiger charge is -2.14. The smallest absolute Gasteiger partial charge is 0.407 e. The molecule has 2 amide bonds. The largest absolute Gasteiger partial charge is 0.481 e. The van der Waals surface area contributed by atoms with Crippen LogP contribution in [0, 0.1) is 5.92 Å². The fraction of sp³-hybridized carbons (Fsp3) is 0.320. The van der Waals surface area contributed by atoms with Gasteiger partial charge in [-0.2, -0.15) is 0 Å². The van der Waals surface area contributed by atoms with Crippen molar-refractivity contribution < 1.29 is 24.2 Å². The second kappa shape index (κ2) is 10.6. The second-order valence-corrected chi connectivity index (χ2v) is 7.75. The summed E-state index contributed by atoms with van der Waals surface area (Å²) in [6.07, 6.45) is 1.44. The molecule has 1 unspecified atom stereocenters. The van der Waals surface area contributed by atoms with E-state index in [1.54, 1.807) is 19.9 Å². The van der Waals surface area contributed by atoms with Gasteiger partial charge in [0.15, 0.2) is 0 Å². The molecule has 0 aliphatic heterocycles. The number of carboxylic acids is 1. The predicted molar refractivity (Wildman–Crippen MR) is 121 cm³/mol. The first-order chi connectivity index (χ1) is 15.4. The number of carbonyl (C=O) groups excluding carboxylic acids is 2. The first-order valence-corrected chi connectivity index (χ1v) is 10.7. The third-order valence-electron chi connectivity index (χ3n) is 5.71. The topological polar surface area (TPSA) is 105 Å². The molecule has 0 bridgehead atoms. The zero-order chi connectivity index (χ0) is 23.1. The van der Waals surface area contributed by atoms with Crippen molar-refractivity contribution in [2.75, 3.05) is 19.7 Å². The number of hydrogen-bond donors (Lipinski definition) is 3. The molecule has 1 aliphatic carbocycles. The Morgan fingerprint density at radius 3 is 2.19 bits per heavy atom. The standard InChI is InChI=1S/C25H28N2O5/c1-3-17(24(29)30)14-27-23(28)16(2)12-13-26-25(31)32-15-22-20-10-6-4-8-18(20)19-9-5-7-11-21(19)22/h4-12,17,22H,3,13-15H2,1-2H3,(H,26,31)(H,27,28)(H,29,30)/b16-12+. The van der Waals surface area contributed by atoms with E-state index in [9.17, 15) is 14.4 Å². The zero-order valence-corrected chi connectivity index (χ0v) is 18.3. The third kappa shape index (κ3) is 5.35. The van der Waals surface area contributed by atoms with Crippen LogP contribution in [0.3, 0.4) is 0 Å². The molecule has 0 saturated heterocycles. The summed E-state index contributed by atoms with van der Waals surface area (Å²) in [5.74, 6) is -1.94. The van der Waals surface area contributed by atoms with Crippen molar-refractivity contribution >= 4 is 18.0 Å². The maximum absolute atomic E-state index is 12.2. The molecule has 7 nitrogen and oxygen atoms in total. The minimum atomic E-state index is -0.939. The molecule has 1 aliphatic rings. The maximum atomic E-state index is 12.2. The highest BCUT2D eigenvalue weighted by molar-refractivity contribution is 5.93. The van der Waals surface area contributed by atoms with Gasteiger partial charge in [0.1, 0.15) is 6.61 Å². The number of rotatable bonds is 9. The van der Waals surface area contributed by atoms with Gasteiger partial charge in [-0.25, -0.2) is 4.79 Å². The molecule has 0 radical (unpaired) electrons. The Kier molecular flexibility index (Phi) is 7.65. The summed E-state index contributed by atoms with van der Waals surface area (Å²) >= 11 is 0. The molecular formula is C25H28N2O5. The number of aliphatic carboxylic acids is 1. The Balaban J connectivity index is 1.49. The fourth-order valence-electron chi connectivity index (χ4n) is 3.79. The molecule has 0 saturated carbocycles. The first-order valence-electron chi connectivity index (χ1n) is 10.7. The van der Waals surface area contributed by atoms with E-state index in [0.29, 0.717) is 12.0 Å². The van der Waals surface area contributed by atoms with Gasteiger partial charge in [-0.05, 0) is 35.6 Å². The van der Waals surface area contributed by atoms with E-state index in [2.05, 4.69) is 34.9 Å². The number of fused-ring (bicyclic) bond motifs is 3. The molecule has 3 rings (SSSR count). The number of benzene rings is 2. The number of hydrogen-bond acceptors (Lipinski definition) is 4. The van der Waals surface area contributed by atoms with Crippen LogP contribution in [0.25, 0.3) is 11.1 Å². The number of alkyl carbamates (subject to hydrolysis) is 1. The quantitative estimate of drug-likeness (QED) is 0.520. The van der Waals surface area contributed by atoms with E-state index >= 15 is 0 Å². The van der Waals surface area contributed by atoms with E-state index in [0.717, 1.165) is 22.3 Å². The molecule has 32 heavy (non-hydrogen) atoms. The van der Waals surface area contributed by atoms with Crippen LogP contribution in [0.15, 0.2) is 60.2 Å². The Morgan fingerprint density at radius 2 is 1.62 bits per heavy atom. The van der Waals surface area contributed by atoms with Crippen molar-refractivity contribution in [3.63, 3.8) is 0 Å². The fourth-order valence-corrected chi connectivity index (χ4v) is 3.79. The van der Waals surface area contributed by atoms with Crippen LogP contribution in [-0.4, -0.2) is 42.8 Å². The van der Waals surface area contributed by atoms with E-state index < -0.39 is 18.0 Å². The summed E-state index contributed by atoms with van der Waals surface area (Å²) in [6, 6.07) is 16.2. The highest BCUT2D eigenvalue weighted by Crippen LogP contribution is 2.44. The predicted octanol–water partition coefficient (Wildman–Crippen LogP) is 3.70. The van der Waals surface area contributed by atoms with Crippen LogP contribution in [-0.2, 0) is 14.3 Å².